The molecule has 142 valence electrons. The van der Waals surface area contributed by atoms with Gasteiger partial charge in [0.15, 0.2) is 0 Å². The molecule has 5 heteroatoms. The first-order chi connectivity index (χ1) is 13.2. The lowest BCUT2D eigenvalue weighted by atomic mass is 9.77. The Kier molecular flexibility index (Phi) is 4.92. The molecule has 2 aromatic rings. The van der Waals surface area contributed by atoms with Crippen molar-refractivity contribution in [3.63, 3.8) is 0 Å². The highest BCUT2D eigenvalue weighted by Crippen LogP contribution is 2.46. The molecular weight excluding hydrogens is 340 g/mol. The third-order valence-electron chi connectivity index (χ3n) is 5.62. The second-order valence-electron chi connectivity index (χ2n) is 7.44. The maximum atomic E-state index is 12.7. The molecule has 2 amide bonds. The van der Waals surface area contributed by atoms with Gasteiger partial charge in [0, 0.05) is 12.0 Å². The van der Waals surface area contributed by atoms with Crippen LogP contribution in [0.2, 0.25) is 0 Å². The quantitative estimate of drug-likeness (QED) is 0.800. The van der Waals surface area contributed by atoms with Crippen LogP contribution in [0.3, 0.4) is 0 Å². The van der Waals surface area contributed by atoms with E-state index in [-0.39, 0.29) is 17.7 Å². The Hall–Kier alpha value is -2.69. The van der Waals surface area contributed by atoms with Crippen molar-refractivity contribution >= 4 is 11.7 Å². The monoisotopic (exact) mass is 366 g/mol. The number of anilines is 1. The number of carbonyl (C=O) groups excluding carboxylic acids is 1. The van der Waals surface area contributed by atoms with Gasteiger partial charge in [-0.25, -0.2) is 4.79 Å². The summed E-state index contributed by atoms with van der Waals surface area (Å²) in [5.41, 5.74) is 1.55. The first-order valence-electron chi connectivity index (χ1n) is 9.68. The van der Waals surface area contributed by atoms with Crippen LogP contribution in [0.15, 0.2) is 48.5 Å². The Morgan fingerprint density at radius 2 is 1.81 bits per heavy atom. The normalized spacial score (nSPS) is 20.3. The average Bonchev–Trinajstić information content (AvgIpc) is 2.69. The van der Waals surface area contributed by atoms with Crippen LogP contribution >= 0.6 is 0 Å². The number of hydrogen-bond donors (Lipinski definition) is 2. The Bertz CT molecular complexity index is 815. The van der Waals surface area contributed by atoms with Gasteiger partial charge in [-0.3, -0.25) is 0 Å². The zero-order valence-electron chi connectivity index (χ0n) is 15.7. The topological polar surface area (TPSA) is 59.6 Å². The third-order valence-corrected chi connectivity index (χ3v) is 5.62. The number of benzene rings is 2. The largest absolute Gasteiger partial charge is 0.495 e. The highest BCUT2D eigenvalue weighted by molar-refractivity contribution is 5.91. The summed E-state index contributed by atoms with van der Waals surface area (Å²) in [6, 6.07) is 15.2. The highest BCUT2D eigenvalue weighted by Gasteiger charge is 2.42. The average molecular weight is 366 g/mol. The molecule has 1 saturated carbocycles. The van der Waals surface area contributed by atoms with Crippen molar-refractivity contribution in [3.05, 3.63) is 54.1 Å². The van der Waals surface area contributed by atoms with Crippen molar-refractivity contribution in [1.29, 1.82) is 0 Å². The molecule has 0 radical (unpaired) electrons. The molecule has 2 aromatic carbocycles. The first kappa shape index (κ1) is 17.7. The number of carbonyl (C=O) groups is 1. The van der Waals surface area contributed by atoms with Crippen molar-refractivity contribution in [1.82, 2.24) is 5.32 Å². The number of rotatable bonds is 3. The van der Waals surface area contributed by atoms with Crippen LogP contribution in [-0.4, -0.2) is 18.7 Å². The molecule has 27 heavy (non-hydrogen) atoms. The zero-order chi connectivity index (χ0) is 18.7. The molecule has 0 bridgehead atoms. The maximum Gasteiger partial charge on any atom is 0.319 e. The molecule has 1 spiro atoms. The van der Waals surface area contributed by atoms with E-state index in [0.29, 0.717) is 11.4 Å². The summed E-state index contributed by atoms with van der Waals surface area (Å²) in [5.74, 6) is 1.54. The van der Waals surface area contributed by atoms with Gasteiger partial charge in [0.25, 0.3) is 0 Å². The summed E-state index contributed by atoms with van der Waals surface area (Å²) < 4.78 is 11.8. The van der Waals surface area contributed by atoms with Crippen molar-refractivity contribution in [2.45, 2.75) is 50.2 Å². The molecule has 1 aliphatic carbocycles. The van der Waals surface area contributed by atoms with Crippen LogP contribution in [0, 0.1) is 0 Å². The minimum Gasteiger partial charge on any atom is -0.495 e. The van der Waals surface area contributed by atoms with Crippen molar-refractivity contribution < 1.29 is 14.3 Å². The zero-order valence-corrected chi connectivity index (χ0v) is 15.7. The lowest BCUT2D eigenvalue weighted by molar-refractivity contribution is -0.000996. The maximum absolute atomic E-state index is 12.7. The van der Waals surface area contributed by atoms with Crippen LogP contribution in [0.5, 0.6) is 11.5 Å². The Morgan fingerprint density at radius 3 is 2.63 bits per heavy atom. The fourth-order valence-corrected chi connectivity index (χ4v) is 4.31. The van der Waals surface area contributed by atoms with E-state index >= 15 is 0 Å². The van der Waals surface area contributed by atoms with Gasteiger partial charge in [-0.2, -0.15) is 0 Å². The van der Waals surface area contributed by atoms with Gasteiger partial charge in [-0.1, -0.05) is 36.8 Å². The first-order valence-corrected chi connectivity index (χ1v) is 9.68. The van der Waals surface area contributed by atoms with E-state index in [2.05, 4.69) is 10.6 Å². The SMILES string of the molecule is COc1ccccc1NC(=O)N[C@H]1CC2(CCCCC2)Oc2ccccc21. The van der Waals surface area contributed by atoms with Gasteiger partial charge in [-0.05, 0) is 43.9 Å². The Morgan fingerprint density at radius 1 is 1.07 bits per heavy atom. The van der Waals surface area contributed by atoms with Crippen LogP contribution < -0.4 is 20.1 Å². The fourth-order valence-electron chi connectivity index (χ4n) is 4.31. The van der Waals surface area contributed by atoms with E-state index in [1.165, 1.54) is 19.3 Å². The summed E-state index contributed by atoms with van der Waals surface area (Å²) in [5, 5.41) is 6.08. The fraction of sp³-hybridized carbons (Fsp3) is 0.409. The summed E-state index contributed by atoms with van der Waals surface area (Å²) in [6.45, 7) is 0. The van der Waals surface area contributed by atoms with Crippen molar-refractivity contribution in [3.8, 4) is 11.5 Å². The molecule has 2 N–H and O–H groups in total. The summed E-state index contributed by atoms with van der Waals surface area (Å²) in [6.07, 6.45) is 6.54. The molecular formula is C22H26N2O3. The molecule has 2 aliphatic rings. The second-order valence-corrected chi connectivity index (χ2v) is 7.44. The number of methoxy groups -OCH3 is 1. The van der Waals surface area contributed by atoms with Crippen LogP contribution in [-0.2, 0) is 0 Å². The van der Waals surface area contributed by atoms with Gasteiger partial charge >= 0.3 is 6.03 Å². The number of para-hydroxylation sites is 3. The molecule has 1 fully saturated rings. The van der Waals surface area contributed by atoms with Gasteiger partial charge < -0.3 is 20.1 Å². The van der Waals surface area contributed by atoms with E-state index in [1.54, 1.807) is 7.11 Å². The number of urea groups is 1. The van der Waals surface area contributed by atoms with Gasteiger partial charge in [-0.15, -0.1) is 0 Å². The Balaban J connectivity index is 1.54. The molecule has 1 aliphatic heterocycles. The van der Waals surface area contributed by atoms with Crippen molar-refractivity contribution in [2.75, 3.05) is 12.4 Å². The van der Waals surface area contributed by atoms with Crippen LogP contribution in [0.25, 0.3) is 0 Å². The summed E-state index contributed by atoms with van der Waals surface area (Å²) in [4.78, 5) is 12.7. The standard InChI is InChI=1S/C22H26N2O3/c1-26-20-12-6-4-10-17(20)23-21(25)24-18-15-22(13-7-2-8-14-22)27-19-11-5-3-9-16(18)19/h3-6,9-12,18H,2,7-8,13-15H2,1H3,(H2,23,24,25)/t18-/m0/s1. The van der Waals surface area contributed by atoms with Gasteiger partial charge in [0.1, 0.15) is 17.1 Å². The van der Waals surface area contributed by atoms with E-state index in [9.17, 15) is 4.79 Å². The molecule has 4 rings (SSSR count). The van der Waals surface area contributed by atoms with E-state index in [0.717, 1.165) is 30.6 Å². The number of fused-ring (bicyclic) bond motifs is 1. The van der Waals surface area contributed by atoms with Gasteiger partial charge in [0.2, 0.25) is 0 Å². The minimum absolute atomic E-state index is 0.0669. The van der Waals surface area contributed by atoms with Crippen LogP contribution in [0.1, 0.15) is 50.1 Å². The minimum atomic E-state index is -0.229. The summed E-state index contributed by atoms with van der Waals surface area (Å²) in [7, 11) is 1.60. The molecule has 0 saturated heterocycles. The van der Waals surface area contributed by atoms with Crippen LogP contribution in [0.4, 0.5) is 10.5 Å². The lowest BCUT2D eigenvalue weighted by Gasteiger charge is -2.44. The molecule has 0 aromatic heterocycles. The number of nitrogens with one attached hydrogen (secondary N) is 2. The van der Waals surface area contributed by atoms with E-state index in [1.807, 2.05) is 48.5 Å². The second kappa shape index (κ2) is 7.51. The molecule has 5 nitrogen and oxygen atoms in total. The van der Waals surface area contributed by atoms with Crippen molar-refractivity contribution in [2.24, 2.45) is 0 Å². The third kappa shape index (κ3) is 3.72. The predicted molar refractivity (Wildman–Crippen MR) is 105 cm³/mol. The summed E-state index contributed by atoms with van der Waals surface area (Å²) >= 11 is 0. The number of hydrogen-bond acceptors (Lipinski definition) is 3. The Labute approximate surface area is 160 Å². The number of amides is 2. The highest BCUT2D eigenvalue weighted by atomic mass is 16.5. The number of ether oxygens (including phenoxy) is 2. The van der Waals surface area contributed by atoms with E-state index < -0.39 is 0 Å². The lowest BCUT2D eigenvalue weighted by Crippen LogP contribution is -2.47. The van der Waals surface area contributed by atoms with Gasteiger partial charge in [0.05, 0.1) is 18.8 Å². The molecule has 1 atom stereocenters. The smallest absolute Gasteiger partial charge is 0.319 e. The predicted octanol–water partition coefficient (Wildman–Crippen LogP) is 5.04. The molecule has 0 unspecified atom stereocenters. The molecule has 1 heterocycles. The van der Waals surface area contributed by atoms with E-state index in [4.69, 9.17) is 9.47 Å².